The molecule has 0 aliphatic rings. The lowest BCUT2D eigenvalue weighted by Gasteiger charge is -2.12. The normalized spacial score (nSPS) is 12.5. The molecular formula is C28H29N5O9S2. The van der Waals surface area contributed by atoms with Gasteiger partial charge in [0.1, 0.15) is 40.9 Å². The summed E-state index contributed by atoms with van der Waals surface area (Å²) in [6.07, 6.45) is 0. The van der Waals surface area contributed by atoms with Crippen molar-refractivity contribution in [1.29, 1.82) is 0 Å². The van der Waals surface area contributed by atoms with E-state index in [1.165, 1.54) is 30.3 Å². The van der Waals surface area contributed by atoms with E-state index in [2.05, 4.69) is 24.6 Å². The number of nitrogen functional groups attached to an aromatic ring is 1. The Labute approximate surface area is 253 Å². The van der Waals surface area contributed by atoms with Gasteiger partial charge in [-0.3, -0.25) is 9.11 Å². The molecular weight excluding hydrogens is 614 g/mol. The van der Waals surface area contributed by atoms with Gasteiger partial charge in [-0.2, -0.15) is 21.9 Å². The number of hydrogen-bond donors (Lipinski definition) is 4. The minimum atomic E-state index is -4.71. The molecule has 4 rings (SSSR count). The van der Waals surface area contributed by atoms with E-state index in [0.29, 0.717) is 27.8 Å². The van der Waals surface area contributed by atoms with Crippen molar-refractivity contribution in [2.75, 3.05) is 18.9 Å². The van der Waals surface area contributed by atoms with Crippen LogP contribution in [0.15, 0.2) is 73.9 Å². The molecule has 4 aromatic rings. The highest BCUT2D eigenvalue weighted by atomic mass is 32.3. The molecule has 0 heterocycles. The second kappa shape index (κ2) is 12.6. The summed E-state index contributed by atoms with van der Waals surface area (Å²) >= 11 is 0. The molecule has 5 N–H and O–H groups in total. The molecule has 0 amide bonds. The largest absolute Gasteiger partial charge is 0.505 e. The Kier molecular flexibility index (Phi) is 9.31. The van der Waals surface area contributed by atoms with Gasteiger partial charge in [-0.15, -0.1) is 15.3 Å². The number of phenols is 1. The lowest BCUT2D eigenvalue weighted by molar-refractivity contribution is 0.202. The van der Waals surface area contributed by atoms with Gasteiger partial charge in [-0.25, -0.2) is 4.18 Å². The summed E-state index contributed by atoms with van der Waals surface area (Å²) in [7, 11) is -9.29. The Bertz CT molecular complexity index is 2050. The standard InChI is InChI=1S/C28H29N5O9S2/c1-15-5-6-25(43(35,36)37)23(11-15)32-30-21-14-24(41-7-8-42-44(38,39)40)22(13-17(21)3)31-33-27-18(4)12-19-9-16(2)10-20(29)26(19)28(27)34/h5-6,9-14,34H,7-8,29H2,1-4H3,(H,35,36,37)(H,38,39,40). The third-order valence-electron chi connectivity index (χ3n) is 6.32. The average Bonchev–Trinajstić information content (AvgIpc) is 2.89. The predicted molar refractivity (Wildman–Crippen MR) is 163 cm³/mol. The van der Waals surface area contributed by atoms with Gasteiger partial charge in [0.2, 0.25) is 0 Å². The van der Waals surface area contributed by atoms with Crippen molar-refractivity contribution in [3.63, 3.8) is 0 Å². The second-order valence-corrected chi connectivity index (χ2v) is 12.4. The average molecular weight is 644 g/mol. The van der Waals surface area contributed by atoms with Gasteiger partial charge >= 0.3 is 10.4 Å². The first-order valence-corrected chi connectivity index (χ1v) is 15.7. The van der Waals surface area contributed by atoms with Crippen molar-refractivity contribution in [2.24, 2.45) is 20.5 Å². The van der Waals surface area contributed by atoms with Crippen LogP contribution in [0.3, 0.4) is 0 Å². The van der Waals surface area contributed by atoms with Crippen LogP contribution in [0.2, 0.25) is 0 Å². The van der Waals surface area contributed by atoms with Crippen LogP contribution in [-0.4, -0.2) is 44.3 Å². The van der Waals surface area contributed by atoms with Crippen molar-refractivity contribution in [1.82, 2.24) is 0 Å². The number of phenolic OH excluding ortho intramolecular Hbond substituents is 1. The molecule has 0 bridgehead atoms. The predicted octanol–water partition coefficient (Wildman–Crippen LogP) is 6.64. The molecule has 44 heavy (non-hydrogen) atoms. The van der Waals surface area contributed by atoms with Gasteiger partial charge in [0, 0.05) is 17.1 Å². The molecule has 0 unspecified atom stereocenters. The molecule has 0 aliphatic carbocycles. The number of ether oxygens (including phenoxy) is 1. The fraction of sp³-hybridized carbons (Fsp3) is 0.214. The van der Waals surface area contributed by atoms with Gasteiger partial charge in [-0.1, -0.05) is 12.1 Å². The number of benzene rings is 4. The van der Waals surface area contributed by atoms with Gasteiger partial charge in [0.05, 0.1) is 5.69 Å². The molecule has 14 nitrogen and oxygen atoms in total. The number of rotatable bonds is 10. The minimum absolute atomic E-state index is 0.0413. The smallest absolute Gasteiger partial charge is 0.397 e. The maximum Gasteiger partial charge on any atom is 0.397 e. The van der Waals surface area contributed by atoms with Crippen LogP contribution in [0.4, 0.5) is 28.4 Å². The van der Waals surface area contributed by atoms with E-state index in [1.54, 1.807) is 26.8 Å². The highest BCUT2D eigenvalue weighted by Gasteiger charge is 2.17. The van der Waals surface area contributed by atoms with E-state index < -0.39 is 32.0 Å². The molecule has 0 saturated heterocycles. The van der Waals surface area contributed by atoms with Crippen LogP contribution < -0.4 is 10.5 Å². The highest BCUT2D eigenvalue weighted by Crippen LogP contribution is 2.43. The quantitative estimate of drug-likeness (QED) is 0.0624. The molecule has 0 fully saturated rings. The topological polar surface area (TPSA) is 223 Å². The number of aryl methyl sites for hydroxylation is 4. The Morgan fingerprint density at radius 2 is 1.43 bits per heavy atom. The fourth-order valence-corrected chi connectivity index (χ4v) is 5.24. The Balaban J connectivity index is 1.77. The molecule has 0 atom stereocenters. The molecule has 0 saturated carbocycles. The molecule has 4 aromatic carbocycles. The summed E-state index contributed by atoms with van der Waals surface area (Å²) in [6, 6.07) is 12.5. The maximum atomic E-state index is 11.8. The summed E-state index contributed by atoms with van der Waals surface area (Å²) in [6.45, 7) is 6.13. The van der Waals surface area contributed by atoms with Gasteiger partial charge in [0.25, 0.3) is 10.1 Å². The van der Waals surface area contributed by atoms with E-state index in [0.717, 1.165) is 10.9 Å². The van der Waals surface area contributed by atoms with E-state index in [9.17, 15) is 26.5 Å². The van der Waals surface area contributed by atoms with Crippen LogP contribution in [0.5, 0.6) is 11.5 Å². The van der Waals surface area contributed by atoms with E-state index in [4.69, 9.17) is 15.0 Å². The first kappa shape index (κ1) is 32.4. The van der Waals surface area contributed by atoms with E-state index >= 15 is 0 Å². The number of nitrogens with two attached hydrogens (primary N) is 1. The van der Waals surface area contributed by atoms with Crippen LogP contribution in [-0.2, 0) is 24.7 Å². The number of azo groups is 2. The SMILES string of the molecule is Cc1ccc(S(=O)(=O)O)c(N=Nc2cc(OCCOS(=O)(=O)O)c(N=Nc3c(C)cc4cc(C)cc(N)c4c3O)cc2C)c1. The third-order valence-corrected chi connectivity index (χ3v) is 7.68. The maximum absolute atomic E-state index is 11.8. The molecule has 0 aliphatic heterocycles. The minimum Gasteiger partial charge on any atom is -0.505 e. The Morgan fingerprint density at radius 3 is 2.11 bits per heavy atom. The first-order chi connectivity index (χ1) is 20.5. The lowest BCUT2D eigenvalue weighted by atomic mass is 10.0. The number of nitrogens with zero attached hydrogens (tertiary/aromatic N) is 4. The van der Waals surface area contributed by atoms with Crippen molar-refractivity contribution in [3.05, 3.63) is 70.8 Å². The molecule has 0 radical (unpaired) electrons. The van der Waals surface area contributed by atoms with Crippen LogP contribution >= 0.6 is 0 Å². The zero-order chi connectivity index (χ0) is 32.4. The van der Waals surface area contributed by atoms with Crippen molar-refractivity contribution in [2.45, 2.75) is 32.6 Å². The van der Waals surface area contributed by atoms with Crippen molar-refractivity contribution < 1.29 is 40.0 Å². The summed E-state index contributed by atoms with van der Waals surface area (Å²) < 4.78 is 73.9. The molecule has 16 heteroatoms. The summed E-state index contributed by atoms with van der Waals surface area (Å²) in [5.41, 5.74) is 9.67. The highest BCUT2D eigenvalue weighted by molar-refractivity contribution is 7.86. The molecule has 0 spiro atoms. The van der Waals surface area contributed by atoms with Crippen molar-refractivity contribution >= 4 is 59.7 Å². The zero-order valence-corrected chi connectivity index (χ0v) is 25.6. The van der Waals surface area contributed by atoms with Crippen molar-refractivity contribution in [3.8, 4) is 11.5 Å². The number of fused-ring (bicyclic) bond motifs is 1. The van der Waals surface area contributed by atoms with Crippen LogP contribution in [0, 0.1) is 27.7 Å². The summed E-state index contributed by atoms with van der Waals surface area (Å²) in [5.74, 6) is -0.125. The lowest BCUT2D eigenvalue weighted by Crippen LogP contribution is -2.11. The van der Waals surface area contributed by atoms with Crippen LogP contribution in [0.1, 0.15) is 22.3 Å². The first-order valence-electron chi connectivity index (χ1n) is 12.9. The molecule has 232 valence electrons. The Hall–Kier alpha value is -4.48. The number of anilines is 1. The van der Waals surface area contributed by atoms with E-state index in [1.807, 2.05) is 19.1 Å². The van der Waals surface area contributed by atoms with Gasteiger partial charge in [-0.05, 0) is 85.7 Å². The number of hydrogen-bond acceptors (Lipinski definition) is 12. The number of aromatic hydroxyl groups is 1. The third kappa shape index (κ3) is 7.72. The zero-order valence-electron chi connectivity index (χ0n) is 24.0. The monoisotopic (exact) mass is 643 g/mol. The second-order valence-electron chi connectivity index (χ2n) is 9.89. The molecule has 0 aromatic heterocycles. The Morgan fingerprint density at radius 1 is 0.750 bits per heavy atom. The van der Waals surface area contributed by atoms with E-state index in [-0.39, 0.29) is 40.9 Å². The fourth-order valence-electron chi connectivity index (χ4n) is 4.35. The summed E-state index contributed by atoms with van der Waals surface area (Å²) in [5, 5.41) is 28.8. The van der Waals surface area contributed by atoms with Gasteiger partial charge in [0.15, 0.2) is 5.75 Å². The van der Waals surface area contributed by atoms with Crippen LogP contribution in [0.25, 0.3) is 10.8 Å². The summed E-state index contributed by atoms with van der Waals surface area (Å²) in [4.78, 5) is -0.435. The van der Waals surface area contributed by atoms with Gasteiger partial charge < -0.3 is 15.6 Å².